The van der Waals surface area contributed by atoms with Crippen LogP contribution in [0.2, 0.25) is 0 Å². The number of hydrogen-bond acceptors (Lipinski definition) is 4. The summed E-state index contributed by atoms with van der Waals surface area (Å²) in [6.45, 7) is 1.17. The lowest BCUT2D eigenvalue weighted by Crippen LogP contribution is -2.35. The van der Waals surface area contributed by atoms with Crippen LogP contribution < -0.4 is 4.90 Å². The Bertz CT molecular complexity index is 585. The Labute approximate surface area is 106 Å². The highest BCUT2D eigenvalue weighted by molar-refractivity contribution is 6.52. The monoisotopic (exact) mass is 269 g/mol. The summed E-state index contributed by atoms with van der Waals surface area (Å²) in [5.41, 5.74) is -0.379. The van der Waals surface area contributed by atoms with Gasteiger partial charge in [0, 0.05) is 6.07 Å². The first kappa shape index (κ1) is 13.1. The van der Waals surface area contributed by atoms with Crippen LogP contribution in [0.15, 0.2) is 12.1 Å². The minimum absolute atomic E-state index is 0.111. The van der Waals surface area contributed by atoms with Crippen LogP contribution in [-0.4, -0.2) is 30.8 Å². The van der Waals surface area contributed by atoms with Crippen LogP contribution in [0.5, 0.6) is 0 Å². The molecule has 1 heterocycles. The van der Waals surface area contributed by atoms with Gasteiger partial charge in [-0.3, -0.25) is 19.3 Å². The number of halogens is 2. The zero-order valence-electron chi connectivity index (χ0n) is 9.91. The summed E-state index contributed by atoms with van der Waals surface area (Å²) < 4.78 is 30.8. The molecule has 0 bridgehead atoms. The standard InChI is InChI=1S/C12H9F2NO4/c1-2-19-10(16)5-15-9-4-8(14)7(13)3-6(9)11(17)12(15)18/h3-4H,2,5H2,1H3. The Kier molecular flexibility index (Phi) is 3.28. The van der Waals surface area contributed by atoms with Crippen molar-refractivity contribution in [2.75, 3.05) is 18.1 Å². The van der Waals surface area contributed by atoms with Gasteiger partial charge in [0.05, 0.1) is 17.9 Å². The number of benzene rings is 1. The summed E-state index contributed by atoms with van der Waals surface area (Å²) in [6.07, 6.45) is 0. The molecule has 1 aromatic rings. The fourth-order valence-corrected chi connectivity index (χ4v) is 1.78. The number of ketones is 1. The number of amides is 1. The molecular formula is C12H9F2NO4. The molecule has 0 N–H and O–H groups in total. The van der Waals surface area contributed by atoms with Gasteiger partial charge in [0.1, 0.15) is 6.54 Å². The summed E-state index contributed by atoms with van der Waals surface area (Å²) in [5.74, 6) is -5.14. The molecular weight excluding hydrogens is 260 g/mol. The Morgan fingerprint density at radius 1 is 1.26 bits per heavy atom. The second-order valence-electron chi connectivity index (χ2n) is 3.81. The SMILES string of the molecule is CCOC(=O)CN1C(=O)C(=O)c2cc(F)c(F)cc21. The molecule has 0 aliphatic carbocycles. The van der Waals surface area contributed by atoms with Gasteiger partial charge >= 0.3 is 5.97 Å². The fourth-order valence-electron chi connectivity index (χ4n) is 1.78. The third kappa shape index (κ3) is 2.18. The molecule has 100 valence electrons. The van der Waals surface area contributed by atoms with E-state index in [-0.39, 0.29) is 17.9 Å². The zero-order valence-corrected chi connectivity index (χ0v) is 9.91. The van der Waals surface area contributed by atoms with Crippen LogP contribution >= 0.6 is 0 Å². The van der Waals surface area contributed by atoms with E-state index in [9.17, 15) is 23.2 Å². The largest absolute Gasteiger partial charge is 0.465 e. The van der Waals surface area contributed by atoms with Gasteiger partial charge in [-0.15, -0.1) is 0 Å². The number of carbonyl (C=O) groups is 3. The van der Waals surface area contributed by atoms with Crippen LogP contribution in [0.1, 0.15) is 17.3 Å². The maximum absolute atomic E-state index is 13.1. The van der Waals surface area contributed by atoms with E-state index in [0.717, 1.165) is 4.90 Å². The zero-order chi connectivity index (χ0) is 14.2. The highest BCUT2D eigenvalue weighted by Crippen LogP contribution is 2.30. The molecule has 5 nitrogen and oxygen atoms in total. The highest BCUT2D eigenvalue weighted by atomic mass is 19.2. The summed E-state index contributed by atoms with van der Waals surface area (Å²) in [6, 6.07) is 1.36. The Hall–Kier alpha value is -2.31. The van der Waals surface area contributed by atoms with Crippen LogP contribution in [0.3, 0.4) is 0 Å². The van der Waals surface area contributed by atoms with Crippen molar-refractivity contribution in [2.24, 2.45) is 0 Å². The Morgan fingerprint density at radius 2 is 1.89 bits per heavy atom. The number of nitrogens with zero attached hydrogens (tertiary/aromatic N) is 1. The van der Waals surface area contributed by atoms with Crippen LogP contribution in [0.25, 0.3) is 0 Å². The van der Waals surface area contributed by atoms with Crippen LogP contribution in [0.4, 0.5) is 14.5 Å². The predicted octanol–water partition coefficient (Wildman–Crippen LogP) is 1.06. The molecule has 1 aromatic carbocycles. The van der Waals surface area contributed by atoms with E-state index in [1.807, 2.05) is 0 Å². The number of ether oxygens (including phenoxy) is 1. The van der Waals surface area contributed by atoms with Crippen LogP contribution in [-0.2, 0) is 14.3 Å². The minimum atomic E-state index is -1.22. The predicted molar refractivity (Wildman–Crippen MR) is 59.7 cm³/mol. The molecule has 19 heavy (non-hydrogen) atoms. The molecule has 0 saturated heterocycles. The molecule has 0 spiro atoms. The first-order chi connectivity index (χ1) is 8.95. The molecule has 0 aromatic heterocycles. The van der Waals surface area contributed by atoms with Gasteiger partial charge in [-0.25, -0.2) is 8.78 Å². The molecule has 1 amide bonds. The Morgan fingerprint density at radius 3 is 2.53 bits per heavy atom. The maximum atomic E-state index is 13.1. The molecule has 0 saturated carbocycles. The smallest absolute Gasteiger partial charge is 0.326 e. The highest BCUT2D eigenvalue weighted by Gasteiger charge is 2.38. The van der Waals surface area contributed by atoms with Gasteiger partial charge < -0.3 is 4.74 Å². The quantitative estimate of drug-likeness (QED) is 0.608. The van der Waals surface area contributed by atoms with E-state index in [2.05, 4.69) is 4.74 Å². The molecule has 0 radical (unpaired) electrons. The van der Waals surface area contributed by atoms with E-state index >= 15 is 0 Å². The number of Topliss-reactive ketones (excluding diaryl/α,β-unsaturated/α-hetero) is 1. The van der Waals surface area contributed by atoms with Crippen molar-refractivity contribution in [1.82, 2.24) is 0 Å². The maximum Gasteiger partial charge on any atom is 0.326 e. The normalized spacial score (nSPS) is 13.7. The third-order valence-electron chi connectivity index (χ3n) is 2.61. The summed E-state index contributed by atoms with van der Waals surface area (Å²) in [4.78, 5) is 35.3. The number of hydrogen-bond donors (Lipinski definition) is 0. The number of esters is 1. The first-order valence-corrected chi connectivity index (χ1v) is 5.46. The average Bonchev–Trinajstić information content (AvgIpc) is 2.56. The van der Waals surface area contributed by atoms with Gasteiger partial charge in [-0.05, 0) is 13.0 Å². The second kappa shape index (κ2) is 4.75. The lowest BCUT2D eigenvalue weighted by Gasteiger charge is -2.15. The lowest BCUT2D eigenvalue weighted by atomic mass is 10.1. The molecule has 1 aliphatic rings. The van der Waals surface area contributed by atoms with Gasteiger partial charge in [0.2, 0.25) is 0 Å². The van der Waals surface area contributed by atoms with E-state index in [4.69, 9.17) is 0 Å². The number of rotatable bonds is 3. The third-order valence-corrected chi connectivity index (χ3v) is 2.61. The average molecular weight is 269 g/mol. The number of anilines is 1. The van der Waals surface area contributed by atoms with Gasteiger partial charge in [-0.2, -0.15) is 0 Å². The fraction of sp³-hybridized carbons (Fsp3) is 0.250. The molecule has 1 aliphatic heterocycles. The van der Waals surface area contributed by atoms with Crippen molar-refractivity contribution in [1.29, 1.82) is 0 Å². The van der Waals surface area contributed by atoms with Crippen molar-refractivity contribution in [3.63, 3.8) is 0 Å². The van der Waals surface area contributed by atoms with Gasteiger partial charge in [-0.1, -0.05) is 0 Å². The van der Waals surface area contributed by atoms with Crippen molar-refractivity contribution >= 4 is 23.3 Å². The molecule has 0 fully saturated rings. The van der Waals surface area contributed by atoms with Crippen LogP contribution in [0, 0.1) is 11.6 Å². The van der Waals surface area contributed by atoms with E-state index in [1.165, 1.54) is 0 Å². The Balaban J connectivity index is 2.38. The van der Waals surface area contributed by atoms with E-state index in [1.54, 1.807) is 6.92 Å². The van der Waals surface area contributed by atoms with Crippen molar-refractivity contribution in [3.05, 3.63) is 29.3 Å². The summed E-state index contributed by atoms with van der Waals surface area (Å²) in [7, 11) is 0. The molecule has 0 atom stereocenters. The van der Waals surface area contributed by atoms with E-state index in [0.29, 0.717) is 12.1 Å². The second-order valence-corrected chi connectivity index (χ2v) is 3.81. The number of fused-ring (bicyclic) bond motifs is 1. The number of carbonyl (C=O) groups excluding carboxylic acids is 3. The topological polar surface area (TPSA) is 63.7 Å². The first-order valence-electron chi connectivity index (χ1n) is 5.46. The minimum Gasteiger partial charge on any atom is -0.465 e. The molecule has 7 heteroatoms. The van der Waals surface area contributed by atoms with Gasteiger partial charge in [0.15, 0.2) is 11.6 Å². The molecule has 0 unspecified atom stereocenters. The van der Waals surface area contributed by atoms with Crippen molar-refractivity contribution in [3.8, 4) is 0 Å². The van der Waals surface area contributed by atoms with Gasteiger partial charge in [0.25, 0.3) is 11.7 Å². The van der Waals surface area contributed by atoms with Crippen molar-refractivity contribution < 1.29 is 27.9 Å². The lowest BCUT2D eigenvalue weighted by molar-refractivity contribution is -0.142. The van der Waals surface area contributed by atoms with E-state index < -0.39 is 35.8 Å². The summed E-state index contributed by atoms with van der Waals surface area (Å²) >= 11 is 0. The summed E-state index contributed by atoms with van der Waals surface area (Å²) in [5, 5.41) is 0. The van der Waals surface area contributed by atoms with Crippen molar-refractivity contribution in [2.45, 2.75) is 6.92 Å². The molecule has 2 rings (SSSR count).